The molecule has 1 saturated heterocycles. The number of nitrogens with zero attached hydrogens (tertiary/aromatic N) is 1. The number of anilines is 1. The Hall–Kier alpha value is -1.62. The maximum Gasteiger partial charge on any atom is 0.269 e. The van der Waals surface area contributed by atoms with Gasteiger partial charge in [0.1, 0.15) is 5.69 Å². The van der Waals surface area contributed by atoms with Crippen molar-refractivity contribution in [2.45, 2.75) is 25.4 Å². The molecular weight excluding hydrogens is 230 g/mol. The van der Waals surface area contributed by atoms with Crippen molar-refractivity contribution in [1.29, 1.82) is 0 Å². The van der Waals surface area contributed by atoms with Crippen molar-refractivity contribution < 1.29 is 9.53 Å². The second-order valence-electron chi connectivity index (χ2n) is 4.36. The van der Waals surface area contributed by atoms with Crippen molar-refractivity contribution in [1.82, 2.24) is 10.3 Å². The lowest BCUT2D eigenvalue weighted by atomic mass is 10.2. The van der Waals surface area contributed by atoms with Gasteiger partial charge in [-0.25, -0.2) is 4.98 Å². The molecule has 1 aliphatic heterocycles. The summed E-state index contributed by atoms with van der Waals surface area (Å²) in [6.07, 6.45) is 5.07. The molecule has 5 nitrogen and oxygen atoms in total. The van der Waals surface area contributed by atoms with E-state index in [1.807, 2.05) is 13.1 Å². The fourth-order valence-corrected chi connectivity index (χ4v) is 1.99. The zero-order valence-electron chi connectivity index (χ0n) is 10.6. The lowest BCUT2D eigenvalue weighted by molar-refractivity contribution is 0.0903. The Balaban J connectivity index is 1.76. The molecule has 1 unspecified atom stereocenters. The SMILES string of the molecule is CNc1ccc(C(=O)NCCC2CCCO2)nc1. The molecule has 2 N–H and O–H groups in total. The molecule has 1 aromatic rings. The number of aromatic nitrogens is 1. The van der Waals surface area contributed by atoms with Gasteiger partial charge < -0.3 is 15.4 Å². The molecule has 0 spiro atoms. The largest absolute Gasteiger partial charge is 0.387 e. The minimum absolute atomic E-state index is 0.129. The van der Waals surface area contributed by atoms with Crippen LogP contribution in [0.5, 0.6) is 0 Å². The van der Waals surface area contributed by atoms with Gasteiger partial charge in [0.15, 0.2) is 0 Å². The Morgan fingerprint density at radius 1 is 1.56 bits per heavy atom. The fraction of sp³-hybridized carbons (Fsp3) is 0.538. The van der Waals surface area contributed by atoms with Crippen LogP contribution in [0.1, 0.15) is 29.8 Å². The highest BCUT2D eigenvalue weighted by Gasteiger charge is 2.15. The van der Waals surface area contributed by atoms with Crippen LogP contribution in [-0.4, -0.2) is 37.2 Å². The van der Waals surface area contributed by atoms with E-state index in [1.165, 1.54) is 0 Å². The van der Waals surface area contributed by atoms with Crippen LogP contribution in [0.15, 0.2) is 18.3 Å². The summed E-state index contributed by atoms with van der Waals surface area (Å²) in [5.74, 6) is -0.129. The van der Waals surface area contributed by atoms with Crippen LogP contribution < -0.4 is 10.6 Å². The first-order chi connectivity index (χ1) is 8.79. The van der Waals surface area contributed by atoms with Crippen LogP contribution in [0.2, 0.25) is 0 Å². The van der Waals surface area contributed by atoms with E-state index in [1.54, 1.807) is 12.3 Å². The van der Waals surface area contributed by atoms with E-state index < -0.39 is 0 Å². The fourth-order valence-electron chi connectivity index (χ4n) is 1.99. The first-order valence-corrected chi connectivity index (χ1v) is 6.33. The molecule has 1 atom stereocenters. The number of ether oxygens (including phenoxy) is 1. The van der Waals surface area contributed by atoms with Gasteiger partial charge >= 0.3 is 0 Å². The number of nitrogens with one attached hydrogen (secondary N) is 2. The number of carbonyl (C=O) groups is 1. The van der Waals surface area contributed by atoms with Gasteiger partial charge in [0, 0.05) is 20.2 Å². The third-order valence-corrected chi connectivity index (χ3v) is 3.06. The zero-order valence-corrected chi connectivity index (χ0v) is 10.6. The van der Waals surface area contributed by atoms with Crippen LogP contribution in [0.4, 0.5) is 5.69 Å². The molecule has 1 fully saturated rings. The highest BCUT2D eigenvalue weighted by Crippen LogP contribution is 2.14. The molecule has 2 rings (SSSR count). The molecule has 0 aliphatic carbocycles. The summed E-state index contributed by atoms with van der Waals surface area (Å²) in [4.78, 5) is 15.9. The predicted octanol–water partition coefficient (Wildman–Crippen LogP) is 1.42. The average molecular weight is 249 g/mol. The summed E-state index contributed by atoms with van der Waals surface area (Å²) in [5.41, 5.74) is 1.34. The average Bonchev–Trinajstić information content (AvgIpc) is 2.92. The topological polar surface area (TPSA) is 63.2 Å². The van der Waals surface area contributed by atoms with Gasteiger partial charge in [0.2, 0.25) is 0 Å². The normalized spacial score (nSPS) is 18.6. The molecule has 1 aromatic heterocycles. The van der Waals surface area contributed by atoms with E-state index in [4.69, 9.17) is 4.74 Å². The Labute approximate surface area is 107 Å². The number of rotatable bonds is 5. The van der Waals surface area contributed by atoms with E-state index in [0.29, 0.717) is 18.3 Å². The molecule has 1 amide bonds. The summed E-state index contributed by atoms with van der Waals surface area (Å²) < 4.78 is 5.50. The maximum absolute atomic E-state index is 11.8. The van der Waals surface area contributed by atoms with E-state index in [-0.39, 0.29) is 5.91 Å². The molecule has 18 heavy (non-hydrogen) atoms. The molecular formula is C13H19N3O2. The molecule has 0 aromatic carbocycles. The van der Waals surface area contributed by atoms with Crippen LogP contribution in [0, 0.1) is 0 Å². The van der Waals surface area contributed by atoms with E-state index in [9.17, 15) is 4.79 Å². The Morgan fingerprint density at radius 2 is 2.44 bits per heavy atom. The van der Waals surface area contributed by atoms with Crippen LogP contribution >= 0.6 is 0 Å². The minimum Gasteiger partial charge on any atom is -0.387 e. The zero-order chi connectivity index (χ0) is 12.8. The molecule has 2 heterocycles. The van der Waals surface area contributed by atoms with Crippen molar-refractivity contribution in [2.75, 3.05) is 25.5 Å². The number of carbonyl (C=O) groups excluding carboxylic acids is 1. The van der Waals surface area contributed by atoms with Crippen molar-refractivity contribution in [3.05, 3.63) is 24.0 Å². The van der Waals surface area contributed by atoms with Gasteiger partial charge in [0.05, 0.1) is 18.0 Å². The monoisotopic (exact) mass is 249 g/mol. The molecule has 1 aliphatic rings. The summed E-state index contributed by atoms with van der Waals surface area (Å²) in [7, 11) is 1.82. The maximum atomic E-state index is 11.8. The summed E-state index contributed by atoms with van der Waals surface area (Å²) in [5, 5.41) is 5.82. The molecule has 0 radical (unpaired) electrons. The Bertz CT molecular complexity index is 386. The van der Waals surface area contributed by atoms with Crippen molar-refractivity contribution in [2.24, 2.45) is 0 Å². The van der Waals surface area contributed by atoms with Crippen LogP contribution in [-0.2, 0) is 4.74 Å². The van der Waals surface area contributed by atoms with Gasteiger partial charge in [-0.15, -0.1) is 0 Å². The minimum atomic E-state index is -0.129. The van der Waals surface area contributed by atoms with Gasteiger partial charge in [-0.2, -0.15) is 0 Å². The first kappa shape index (κ1) is 12.8. The number of hydrogen-bond acceptors (Lipinski definition) is 4. The quantitative estimate of drug-likeness (QED) is 0.828. The van der Waals surface area contributed by atoms with Crippen molar-refractivity contribution in [3.63, 3.8) is 0 Å². The Kier molecular flexibility index (Phi) is 4.52. The van der Waals surface area contributed by atoms with Gasteiger partial charge in [-0.05, 0) is 31.4 Å². The summed E-state index contributed by atoms with van der Waals surface area (Å²) >= 11 is 0. The molecule has 0 saturated carbocycles. The first-order valence-electron chi connectivity index (χ1n) is 6.33. The predicted molar refractivity (Wildman–Crippen MR) is 69.7 cm³/mol. The molecule has 98 valence electrons. The van der Waals surface area contributed by atoms with Gasteiger partial charge in [-0.1, -0.05) is 0 Å². The Morgan fingerprint density at radius 3 is 3.06 bits per heavy atom. The standard InChI is InChI=1S/C13H19N3O2/c1-14-10-4-5-12(16-9-10)13(17)15-7-6-11-3-2-8-18-11/h4-5,9,11,14H,2-3,6-8H2,1H3,(H,15,17). The van der Waals surface area contributed by atoms with E-state index in [2.05, 4.69) is 15.6 Å². The van der Waals surface area contributed by atoms with Crippen LogP contribution in [0.25, 0.3) is 0 Å². The smallest absolute Gasteiger partial charge is 0.269 e. The molecule has 0 bridgehead atoms. The summed E-state index contributed by atoms with van der Waals surface area (Å²) in [6, 6.07) is 3.55. The van der Waals surface area contributed by atoms with E-state index in [0.717, 1.165) is 31.6 Å². The third-order valence-electron chi connectivity index (χ3n) is 3.06. The lowest BCUT2D eigenvalue weighted by Crippen LogP contribution is -2.27. The van der Waals surface area contributed by atoms with Crippen molar-refractivity contribution in [3.8, 4) is 0 Å². The number of amides is 1. The second-order valence-corrected chi connectivity index (χ2v) is 4.36. The molecule has 5 heteroatoms. The second kappa shape index (κ2) is 6.35. The highest BCUT2D eigenvalue weighted by molar-refractivity contribution is 5.92. The number of pyridine rings is 1. The number of hydrogen-bond donors (Lipinski definition) is 2. The third kappa shape index (κ3) is 3.43. The van der Waals surface area contributed by atoms with Gasteiger partial charge in [-0.3, -0.25) is 4.79 Å². The van der Waals surface area contributed by atoms with Crippen molar-refractivity contribution >= 4 is 11.6 Å². The highest BCUT2D eigenvalue weighted by atomic mass is 16.5. The van der Waals surface area contributed by atoms with Crippen LogP contribution in [0.3, 0.4) is 0 Å². The van der Waals surface area contributed by atoms with E-state index >= 15 is 0 Å². The van der Waals surface area contributed by atoms with Gasteiger partial charge in [0.25, 0.3) is 5.91 Å². The summed E-state index contributed by atoms with van der Waals surface area (Å²) in [6.45, 7) is 1.49. The lowest BCUT2D eigenvalue weighted by Gasteiger charge is -2.09.